The molecule has 0 aliphatic heterocycles. The Balaban J connectivity index is 2.16. The fourth-order valence-corrected chi connectivity index (χ4v) is 3.44. The molecule has 0 amide bonds. The number of thiazole rings is 1. The minimum Gasteiger partial charge on any atom is -0.356 e. The van der Waals surface area contributed by atoms with Gasteiger partial charge in [-0.3, -0.25) is 4.99 Å². The van der Waals surface area contributed by atoms with Gasteiger partial charge in [-0.05, 0) is 52.7 Å². The smallest absolute Gasteiger partial charge is 0.191 e. The number of guanidine groups is 1. The highest BCUT2D eigenvalue weighted by Crippen LogP contribution is 2.10. The van der Waals surface area contributed by atoms with Crippen molar-refractivity contribution in [3.05, 3.63) is 16.1 Å². The zero-order valence-electron chi connectivity index (χ0n) is 16.1. The van der Waals surface area contributed by atoms with E-state index in [1.165, 1.54) is 18.0 Å². The van der Waals surface area contributed by atoms with Gasteiger partial charge in [0.05, 0.1) is 5.01 Å². The number of rotatable bonds is 11. The van der Waals surface area contributed by atoms with Crippen LogP contribution in [0.25, 0.3) is 0 Å². The van der Waals surface area contributed by atoms with E-state index in [2.05, 4.69) is 51.7 Å². The van der Waals surface area contributed by atoms with E-state index >= 15 is 0 Å². The SMILES string of the molecule is CCN(CC)CCCC(C)NC(=NC)NCCCc1nc(C)cs1. The maximum Gasteiger partial charge on any atom is 0.191 e. The van der Waals surface area contributed by atoms with Gasteiger partial charge in [-0.15, -0.1) is 11.3 Å². The molecule has 0 spiro atoms. The molecule has 1 heterocycles. The molecule has 1 rings (SSSR count). The summed E-state index contributed by atoms with van der Waals surface area (Å²) in [5.74, 6) is 0.903. The van der Waals surface area contributed by atoms with Crippen LogP contribution in [0.5, 0.6) is 0 Å². The fraction of sp³-hybridized carbons (Fsp3) is 0.778. The zero-order valence-corrected chi connectivity index (χ0v) is 16.9. The van der Waals surface area contributed by atoms with Crippen LogP contribution in [0.1, 0.15) is 50.7 Å². The summed E-state index contributed by atoms with van der Waals surface area (Å²) in [7, 11) is 1.84. The topological polar surface area (TPSA) is 52.5 Å². The van der Waals surface area contributed by atoms with E-state index in [0.29, 0.717) is 6.04 Å². The highest BCUT2D eigenvalue weighted by molar-refractivity contribution is 7.09. The third kappa shape index (κ3) is 8.64. The van der Waals surface area contributed by atoms with Gasteiger partial charge in [-0.25, -0.2) is 4.98 Å². The van der Waals surface area contributed by atoms with Crippen molar-refractivity contribution >= 4 is 17.3 Å². The molecule has 1 atom stereocenters. The van der Waals surface area contributed by atoms with Crippen molar-refractivity contribution in [3.8, 4) is 0 Å². The van der Waals surface area contributed by atoms with Gasteiger partial charge in [0.25, 0.3) is 0 Å². The number of aryl methyl sites for hydroxylation is 2. The summed E-state index contributed by atoms with van der Waals surface area (Å²) in [5, 5.41) is 10.2. The van der Waals surface area contributed by atoms with E-state index in [1.54, 1.807) is 11.3 Å². The molecule has 0 saturated carbocycles. The molecule has 0 radical (unpaired) electrons. The molecule has 138 valence electrons. The van der Waals surface area contributed by atoms with E-state index in [9.17, 15) is 0 Å². The van der Waals surface area contributed by atoms with Gasteiger partial charge in [0, 0.05) is 37.1 Å². The van der Waals surface area contributed by atoms with Gasteiger partial charge in [-0.1, -0.05) is 13.8 Å². The van der Waals surface area contributed by atoms with Crippen LogP contribution >= 0.6 is 11.3 Å². The summed E-state index contributed by atoms with van der Waals surface area (Å²) in [6.45, 7) is 13.1. The van der Waals surface area contributed by atoms with Gasteiger partial charge < -0.3 is 15.5 Å². The summed E-state index contributed by atoms with van der Waals surface area (Å²) >= 11 is 1.75. The molecular weight excluding hydrogens is 318 g/mol. The number of hydrogen-bond donors (Lipinski definition) is 2. The van der Waals surface area contributed by atoms with Gasteiger partial charge in [0.2, 0.25) is 0 Å². The van der Waals surface area contributed by atoms with Gasteiger partial charge in [0.15, 0.2) is 5.96 Å². The summed E-state index contributed by atoms with van der Waals surface area (Å²) in [4.78, 5) is 11.3. The number of aliphatic imine (C=N–C) groups is 1. The second kappa shape index (κ2) is 12.3. The minimum absolute atomic E-state index is 0.438. The third-order valence-electron chi connectivity index (χ3n) is 4.14. The largest absolute Gasteiger partial charge is 0.356 e. The molecular formula is C18H35N5S. The van der Waals surface area contributed by atoms with E-state index in [4.69, 9.17) is 0 Å². The van der Waals surface area contributed by atoms with Gasteiger partial charge in [-0.2, -0.15) is 0 Å². The minimum atomic E-state index is 0.438. The lowest BCUT2D eigenvalue weighted by atomic mass is 10.2. The Morgan fingerprint density at radius 3 is 2.67 bits per heavy atom. The van der Waals surface area contributed by atoms with Crippen LogP contribution in [0.2, 0.25) is 0 Å². The fourth-order valence-electron chi connectivity index (χ4n) is 2.63. The molecule has 1 aromatic rings. The lowest BCUT2D eigenvalue weighted by molar-refractivity contribution is 0.292. The average molecular weight is 354 g/mol. The first kappa shape index (κ1) is 20.9. The van der Waals surface area contributed by atoms with E-state index in [-0.39, 0.29) is 0 Å². The first-order valence-corrected chi connectivity index (χ1v) is 10.1. The molecule has 2 N–H and O–H groups in total. The summed E-state index contributed by atoms with van der Waals surface area (Å²) in [6.07, 6.45) is 4.48. The second-order valence-corrected chi connectivity index (χ2v) is 7.14. The number of aromatic nitrogens is 1. The van der Waals surface area contributed by atoms with Crippen LogP contribution in [-0.4, -0.2) is 55.1 Å². The van der Waals surface area contributed by atoms with Crippen LogP contribution in [0.15, 0.2) is 10.4 Å². The van der Waals surface area contributed by atoms with Crippen molar-refractivity contribution in [1.82, 2.24) is 20.5 Å². The first-order valence-electron chi connectivity index (χ1n) is 9.19. The molecule has 1 aromatic heterocycles. The molecule has 0 bridgehead atoms. The first-order chi connectivity index (χ1) is 11.6. The zero-order chi connectivity index (χ0) is 17.8. The number of nitrogens with zero attached hydrogens (tertiary/aromatic N) is 3. The quantitative estimate of drug-likeness (QED) is 0.365. The van der Waals surface area contributed by atoms with Crippen molar-refractivity contribution in [2.45, 2.75) is 59.4 Å². The molecule has 0 aliphatic rings. The molecule has 0 saturated heterocycles. The van der Waals surface area contributed by atoms with Crippen LogP contribution in [-0.2, 0) is 6.42 Å². The Bertz CT molecular complexity index is 468. The van der Waals surface area contributed by atoms with E-state index in [1.807, 2.05) is 14.0 Å². The van der Waals surface area contributed by atoms with Crippen molar-refractivity contribution in [1.29, 1.82) is 0 Å². The standard InChI is InChI=1S/C18H35N5S/c1-6-23(7-2)13-9-10-15(3)22-18(19-5)20-12-8-11-17-21-16(4)14-24-17/h14-15H,6-13H2,1-5H3,(H2,19,20,22). The Hall–Kier alpha value is -1.14. The van der Waals surface area contributed by atoms with Crippen molar-refractivity contribution in [2.24, 2.45) is 4.99 Å². The summed E-state index contributed by atoms with van der Waals surface area (Å²) in [6, 6.07) is 0.438. The Labute approximate surface area is 152 Å². The second-order valence-electron chi connectivity index (χ2n) is 6.20. The monoisotopic (exact) mass is 353 g/mol. The van der Waals surface area contributed by atoms with Crippen LogP contribution in [0, 0.1) is 6.92 Å². The van der Waals surface area contributed by atoms with Crippen LogP contribution in [0.3, 0.4) is 0 Å². The highest BCUT2D eigenvalue weighted by Gasteiger charge is 2.06. The van der Waals surface area contributed by atoms with Crippen molar-refractivity contribution in [2.75, 3.05) is 33.2 Å². The summed E-state index contributed by atoms with van der Waals surface area (Å²) < 4.78 is 0. The molecule has 24 heavy (non-hydrogen) atoms. The maximum atomic E-state index is 4.50. The Kier molecular flexibility index (Phi) is 10.7. The van der Waals surface area contributed by atoms with Gasteiger partial charge >= 0.3 is 0 Å². The number of nitrogens with one attached hydrogen (secondary N) is 2. The van der Waals surface area contributed by atoms with E-state index < -0.39 is 0 Å². The number of hydrogen-bond acceptors (Lipinski definition) is 4. The van der Waals surface area contributed by atoms with E-state index in [0.717, 1.165) is 50.6 Å². The lowest BCUT2D eigenvalue weighted by Crippen LogP contribution is -2.42. The average Bonchev–Trinajstić information content (AvgIpc) is 2.99. The molecule has 0 aromatic carbocycles. The molecule has 6 heteroatoms. The Morgan fingerprint density at radius 1 is 1.33 bits per heavy atom. The Morgan fingerprint density at radius 2 is 2.08 bits per heavy atom. The molecule has 5 nitrogen and oxygen atoms in total. The normalized spacial score (nSPS) is 13.3. The highest BCUT2D eigenvalue weighted by atomic mass is 32.1. The predicted molar refractivity (Wildman–Crippen MR) is 106 cm³/mol. The third-order valence-corrected chi connectivity index (χ3v) is 5.17. The predicted octanol–water partition coefficient (Wildman–Crippen LogP) is 3.06. The van der Waals surface area contributed by atoms with Crippen molar-refractivity contribution < 1.29 is 0 Å². The lowest BCUT2D eigenvalue weighted by Gasteiger charge is -2.21. The molecule has 0 aliphatic carbocycles. The van der Waals surface area contributed by atoms with Gasteiger partial charge in [0.1, 0.15) is 0 Å². The van der Waals surface area contributed by atoms with Crippen LogP contribution in [0.4, 0.5) is 0 Å². The summed E-state index contributed by atoms with van der Waals surface area (Å²) in [5.41, 5.74) is 1.12. The molecule has 1 unspecified atom stereocenters. The van der Waals surface area contributed by atoms with Crippen molar-refractivity contribution in [3.63, 3.8) is 0 Å². The molecule has 0 fully saturated rings. The maximum absolute atomic E-state index is 4.50. The van der Waals surface area contributed by atoms with Crippen LogP contribution < -0.4 is 10.6 Å².